The number of hydrogen-bond donors (Lipinski definition) is 2. The lowest BCUT2D eigenvalue weighted by Gasteiger charge is -2.32. The molecule has 0 bridgehead atoms. The molecule has 0 atom stereocenters. The normalized spacial score (nSPS) is 14.7. The third kappa shape index (κ3) is 5.97. The van der Waals surface area contributed by atoms with E-state index in [1.807, 2.05) is 54.3 Å². The van der Waals surface area contributed by atoms with Crippen LogP contribution in [-0.4, -0.2) is 38.1 Å². The van der Waals surface area contributed by atoms with E-state index in [2.05, 4.69) is 16.9 Å². The monoisotopic (exact) mass is 477 g/mol. The Morgan fingerprint density at radius 1 is 1.00 bits per heavy atom. The van der Waals surface area contributed by atoms with E-state index in [0.717, 1.165) is 29.7 Å². The predicted octanol–water partition coefficient (Wildman–Crippen LogP) is 4.58. The quantitative estimate of drug-likeness (QED) is 0.487. The van der Waals surface area contributed by atoms with Crippen LogP contribution >= 0.6 is 0 Å². The van der Waals surface area contributed by atoms with Gasteiger partial charge in [0.2, 0.25) is 10.0 Å². The van der Waals surface area contributed by atoms with Crippen LogP contribution in [0, 0.1) is 6.92 Å². The molecule has 1 amide bonds. The van der Waals surface area contributed by atoms with Crippen molar-refractivity contribution in [3.63, 3.8) is 0 Å². The summed E-state index contributed by atoms with van der Waals surface area (Å²) in [5.74, 6) is 0.322. The second-order valence-electron chi connectivity index (χ2n) is 8.92. The maximum atomic E-state index is 13.2. The topological polar surface area (TPSA) is 92.5 Å². The number of anilines is 2. The number of rotatable bonds is 7. The zero-order chi connectivity index (χ0) is 24.1. The van der Waals surface area contributed by atoms with Crippen molar-refractivity contribution in [2.24, 2.45) is 0 Å². The number of nitrogens with zero attached hydrogens (tertiary/aromatic N) is 1. The second kappa shape index (κ2) is 10.3. The Hall–Kier alpha value is -3.32. The van der Waals surface area contributed by atoms with Crippen LogP contribution in [0.1, 0.15) is 45.8 Å². The molecule has 1 aliphatic heterocycles. The van der Waals surface area contributed by atoms with E-state index in [9.17, 15) is 13.2 Å². The van der Waals surface area contributed by atoms with Crippen molar-refractivity contribution in [1.29, 1.82) is 0 Å². The first kappa shape index (κ1) is 23.8. The van der Waals surface area contributed by atoms with Crippen molar-refractivity contribution >= 4 is 27.3 Å². The van der Waals surface area contributed by atoms with Crippen molar-refractivity contribution in [2.75, 3.05) is 29.3 Å². The molecule has 34 heavy (non-hydrogen) atoms. The van der Waals surface area contributed by atoms with Crippen LogP contribution in [0.5, 0.6) is 0 Å². The fourth-order valence-electron chi connectivity index (χ4n) is 4.35. The summed E-state index contributed by atoms with van der Waals surface area (Å²) in [7, 11) is -3.55. The minimum atomic E-state index is -3.55. The minimum Gasteiger partial charge on any atom is -0.399 e. The van der Waals surface area contributed by atoms with Gasteiger partial charge in [-0.3, -0.25) is 9.52 Å². The molecule has 178 valence electrons. The van der Waals surface area contributed by atoms with Crippen molar-refractivity contribution in [3.8, 4) is 0 Å². The molecule has 0 radical (unpaired) electrons. The van der Waals surface area contributed by atoms with E-state index in [1.54, 1.807) is 18.2 Å². The highest BCUT2D eigenvalue weighted by Crippen LogP contribution is 2.29. The molecule has 6 nitrogen and oxygen atoms in total. The molecule has 1 saturated heterocycles. The summed E-state index contributed by atoms with van der Waals surface area (Å²) in [5, 5.41) is 0. The van der Waals surface area contributed by atoms with Gasteiger partial charge in [0.05, 0.1) is 11.4 Å². The van der Waals surface area contributed by atoms with E-state index in [4.69, 9.17) is 5.73 Å². The Bertz CT molecular complexity index is 1230. The number of likely N-dealkylation sites (tertiary alicyclic amines) is 1. The van der Waals surface area contributed by atoms with Crippen molar-refractivity contribution in [2.45, 2.75) is 32.1 Å². The summed E-state index contributed by atoms with van der Waals surface area (Å²) in [4.78, 5) is 15.0. The van der Waals surface area contributed by atoms with Gasteiger partial charge in [0.25, 0.3) is 5.91 Å². The third-order valence-corrected chi connectivity index (χ3v) is 7.71. The number of carbonyl (C=O) groups excluding carboxylic acids is 1. The van der Waals surface area contributed by atoms with Gasteiger partial charge in [0.1, 0.15) is 0 Å². The summed E-state index contributed by atoms with van der Waals surface area (Å²) < 4.78 is 28.1. The van der Waals surface area contributed by atoms with Crippen LogP contribution in [-0.2, 0) is 16.4 Å². The molecule has 7 heteroatoms. The van der Waals surface area contributed by atoms with Gasteiger partial charge >= 0.3 is 0 Å². The Balaban J connectivity index is 1.39. The van der Waals surface area contributed by atoms with Crippen LogP contribution in [0.15, 0.2) is 72.8 Å². The molecule has 3 aromatic carbocycles. The van der Waals surface area contributed by atoms with Crippen molar-refractivity contribution < 1.29 is 13.2 Å². The zero-order valence-corrected chi connectivity index (χ0v) is 20.2. The van der Waals surface area contributed by atoms with Crippen LogP contribution in [0.3, 0.4) is 0 Å². The van der Waals surface area contributed by atoms with Gasteiger partial charge in [-0.1, -0.05) is 48.5 Å². The standard InChI is InChI=1S/C27H31N3O3S/c1-20-7-8-24(19-26(20)29-34(32,33)18-15-21-5-3-2-4-6-21)27(31)30-16-13-23(14-17-30)22-9-11-25(28)12-10-22/h2-12,19,23,29H,13-18,28H2,1H3. The van der Waals surface area contributed by atoms with Crippen molar-refractivity contribution in [1.82, 2.24) is 4.90 Å². The maximum absolute atomic E-state index is 13.2. The fraction of sp³-hybridized carbons (Fsp3) is 0.296. The van der Waals surface area contributed by atoms with Crippen LogP contribution in [0.25, 0.3) is 0 Å². The summed E-state index contributed by atoms with van der Waals surface area (Å²) in [6, 6.07) is 22.7. The predicted molar refractivity (Wildman–Crippen MR) is 137 cm³/mol. The maximum Gasteiger partial charge on any atom is 0.253 e. The lowest BCUT2D eigenvalue weighted by molar-refractivity contribution is 0.0713. The van der Waals surface area contributed by atoms with Gasteiger partial charge in [-0.05, 0) is 73.1 Å². The number of amides is 1. The Labute approximate surface area is 201 Å². The van der Waals surface area contributed by atoms with Crippen LogP contribution in [0.2, 0.25) is 0 Å². The Morgan fingerprint density at radius 3 is 2.35 bits per heavy atom. The summed E-state index contributed by atoms with van der Waals surface area (Å²) >= 11 is 0. The molecule has 0 spiro atoms. The first-order valence-electron chi connectivity index (χ1n) is 11.6. The number of benzene rings is 3. The number of nitrogens with two attached hydrogens (primary N) is 1. The van der Waals surface area contributed by atoms with E-state index < -0.39 is 10.0 Å². The fourth-order valence-corrected chi connectivity index (χ4v) is 5.51. The highest BCUT2D eigenvalue weighted by molar-refractivity contribution is 7.92. The molecular formula is C27H31N3O3S. The van der Waals surface area contributed by atoms with Crippen LogP contribution in [0.4, 0.5) is 11.4 Å². The van der Waals surface area contributed by atoms with Gasteiger partial charge < -0.3 is 10.6 Å². The van der Waals surface area contributed by atoms with Gasteiger partial charge in [-0.25, -0.2) is 8.42 Å². The first-order chi connectivity index (χ1) is 16.3. The van der Waals surface area contributed by atoms with Gasteiger partial charge in [-0.2, -0.15) is 0 Å². The molecule has 1 heterocycles. The smallest absolute Gasteiger partial charge is 0.253 e. The molecule has 0 unspecified atom stereocenters. The molecule has 0 aromatic heterocycles. The zero-order valence-electron chi connectivity index (χ0n) is 19.4. The average Bonchev–Trinajstić information content (AvgIpc) is 2.85. The number of nitrogens with one attached hydrogen (secondary N) is 1. The molecule has 1 fully saturated rings. The molecular weight excluding hydrogens is 446 g/mol. The number of nitrogen functional groups attached to an aromatic ring is 1. The number of piperidine rings is 1. The largest absolute Gasteiger partial charge is 0.399 e. The lowest BCUT2D eigenvalue weighted by atomic mass is 9.89. The van der Waals surface area contributed by atoms with E-state index >= 15 is 0 Å². The summed E-state index contributed by atoms with van der Waals surface area (Å²) in [6.07, 6.45) is 2.21. The Morgan fingerprint density at radius 2 is 1.68 bits per heavy atom. The highest BCUT2D eigenvalue weighted by Gasteiger charge is 2.25. The van der Waals surface area contributed by atoms with E-state index in [1.165, 1.54) is 5.56 Å². The van der Waals surface area contributed by atoms with E-state index in [0.29, 0.717) is 36.7 Å². The number of sulfonamides is 1. The third-order valence-electron chi connectivity index (χ3n) is 6.44. The summed E-state index contributed by atoms with van der Waals surface area (Å²) in [6.45, 7) is 3.17. The van der Waals surface area contributed by atoms with E-state index in [-0.39, 0.29) is 11.7 Å². The minimum absolute atomic E-state index is 0.0206. The molecule has 3 N–H and O–H groups in total. The number of aryl methyl sites for hydroxylation is 2. The Kier molecular flexibility index (Phi) is 7.22. The first-order valence-corrected chi connectivity index (χ1v) is 13.3. The van der Waals surface area contributed by atoms with Gasteiger partial charge in [0.15, 0.2) is 0 Å². The number of carbonyl (C=O) groups is 1. The average molecular weight is 478 g/mol. The van der Waals surface area contributed by atoms with Gasteiger partial charge in [0, 0.05) is 24.3 Å². The van der Waals surface area contributed by atoms with Gasteiger partial charge in [-0.15, -0.1) is 0 Å². The molecule has 0 aliphatic carbocycles. The number of hydrogen-bond acceptors (Lipinski definition) is 4. The molecule has 4 rings (SSSR count). The van der Waals surface area contributed by atoms with Crippen molar-refractivity contribution in [3.05, 3.63) is 95.1 Å². The van der Waals surface area contributed by atoms with Crippen LogP contribution < -0.4 is 10.5 Å². The SMILES string of the molecule is Cc1ccc(C(=O)N2CCC(c3ccc(N)cc3)CC2)cc1NS(=O)(=O)CCc1ccccc1. The molecule has 1 aliphatic rings. The second-order valence-corrected chi connectivity index (χ2v) is 10.8. The lowest BCUT2D eigenvalue weighted by Crippen LogP contribution is -2.38. The highest BCUT2D eigenvalue weighted by atomic mass is 32.2. The molecule has 3 aromatic rings. The molecule has 0 saturated carbocycles. The summed E-state index contributed by atoms with van der Waals surface area (Å²) in [5.41, 5.74) is 10.5.